The summed E-state index contributed by atoms with van der Waals surface area (Å²) in [5.74, 6) is 0.427. The highest BCUT2D eigenvalue weighted by Crippen LogP contribution is 2.22. The fourth-order valence-electron chi connectivity index (χ4n) is 1.20. The maximum atomic E-state index is 11.9. The number of hydrogen-bond donors (Lipinski definition) is 1. The summed E-state index contributed by atoms with van der Waals surface area (Å²) < 4.78 is 40.6. The number of aromatic nitrogens is 2. The van der Waals surface area contributed by atoms with Gasteiger partial charge in [0.2, 0.25) is 5.89 Å². The monoisotopic (exact) mass is 237 g/mol. The van der Waals surface area contributed by atoms with Crippen LogP contribution in [0, 0.1) is 0 Å². The van der Waals surface area contributed by atoms with E-state index in [9.17, 15) is 13.2 Å². The van der Waals surface area contributed by atoms with Gasteiger partial charge in [0.15, 0.2) is 5.82 Å². The van der Waals surface area contributed by atoms with Crippen molar-refractivity contribution in [2.45, 2.75) is 38.3 Å². The van der Waals surface area contributed by atoms with Crippen molar-refractivity contribution in [1.82, 2.24) is 10.1 Å². The fraction of sp³-hybridized carbons (Fsp3) is 0.778. The molecule has 1 atom stereocenters. The Morgan fingerprint density at radius 2 is 2.12 bits per heavy atom. The SMILES string of the molecule is CC(CCN)c1nc(CCC(F)(F)F)no1. The van der Waals surface area contributed by atoms with Crippen LogP contribution in [0.25, 0.3) is 0 Å². The van der Waals surface area contributed by atoms with Crippen LogP contribution in [0.2, 0.25) is 0 Å². The molecule has 1 unspecified atom stereocenters. The molecule has 7 heteroatoms. The van der Waals surface area contributed by atoms with E-state index in [1.165, 1.54) is 0 Å². The predicted octanol–water partition coefficient (Wildman–Crippen LogP) is 2.02. The Labute approximate surface area is 91.0 Å². The summed E-state index contributed by atoms with van der Waals surface area (Å²) in [6, 6.07) is 0. The summed E-state index contributed by atoms with van der Waals surface area (Å²) in [5.41, 5.74) is 5.35. The van der Waals surface area contributed by atoms with E-state index < -0.39 is 12.6 Å². The van der Waals surface area contributed by atoms with Crippen molar-refractivity contribution in [2.24, 2.45) is 5.73 Å². The first kappa shape index (κ1) is 13.0. The highest BCUT2D eigenvalue weighted by Gasteiger charge is 2.27. The molecule has 4 nitrogen and oxygen atoms in total. The number of halogens is 3. The first-order chi connectivity index (χ1) is 7.42. The predicted molar refractivity (Wildman–Crippen MR) is 50.8 cm³/mol. The molecule has 0 radical (unpaired) electrons. The summed E-state index contributed by atoms with van der Waals surface area (Å²) in [5, 5.41) is 3.50. The van der Waals surface area contributed by atoms with Crippen LogP contribution in [0.3, 0.4) is 0 Å². The lowest BCUT2D eigenvalue weighted by Crippen LogP contribution is -2.09. The zero-order valence-electron chi connectivity index (χ0n) is 8.92. The van der Waals surface area contributed by atoms with Gasteiger partial charge in [0, 0.05) is 12.3 Å². The average molecular weight is 237 g/mol. The molecule has 1 aromatic heterocycles. The molecule has 0 aliphatic rings. The van der Waals surface area contributed by atoms with Crippen LogP contribution >= 0.6 is 0 Å². The van der Waals surface area contributed by atoms with E-state index in [2.05, 4.69) is 10.1 Å². The highest BCUT2D eigenvalue weighted by atomic mass is 19.4. The molecule has 0 aromatic carbocycles. The van der Waals surface area contributed by atoms with Gasteiger partial charge in [-0.1, -0.05) is 12.1 Å². The Balaban J connectivity index is 2.51. The second-order valence-corrected chi connectivity index (χ2v) is 3.64. The molecule has 2 N–H and O–H groups in total. The van der Waals surface area contributed by atoms with Gasteiger partial charge in [0.1, 0.15) is 0 Å². The van der Waals surface area contributed by atoms with Crippen LogP contribution in [0.15, 0.2) is 4.52 Å². The molecule has 0 fully saturated rings. The number of rotatable bonds is 5. The third-order valence-electron chi connectivity index (χ3n) is 2.14. The Hall–Kier alpha value is -1.11. The van der Waals surface area contributed by atoms with Gasteiger partial charge >= 0.3 is 6.18 Å². The van der Waals surface area contributed by atoms with Crippen molar-refractivity contribution < 1.29 is 17.7 Å². The smallest absolute Gasteiger partial charge is 0.339 e. The third-order valence-corrected chi connectivity index (χ3v) is 2.14. The second-order valence-electron chi connectivity index (χ2n) is 3.64. The topological polar surface area (TPSA) is 64.9 Å². The van der Waals surface area contributed by atoms with Crippen molar-refractivity contribution in [2.75, 3.05) is 6.54 Å². The zero-order valence-corrected chi connectivity index (χ0v) is 8.92. The number of hydrogen-bond acceptors (Lipinski definition) is 4. The molecule has 0 saturated heterocycles. The third kappa shape index (κ3) is 4.18. The number of nitrogens with two attached hydrogens (primary N) is 1. The summed E-state index contributed by atoms with van der Waals surface area (Å²) in [7, 11) is 0. The maximum Gasteiger partial charge on any atom is 0.389 e. The molecule has 0 amide bonds. The Kier molecular flexibility index (Phi) is 4.28. The summed E-state index contributed by atoms with van der Waals surface area (Å²) in [4.78, 5) is 3.90. The molecule has 0 aliphatic heterocycles. The van der Waals surface area contributed by atoms with Crippen LogP contribution in [0.1, 0.15) is 37.4 Å². The molecule has 92 valence electrons. The van der Waals surface area contributed by atoms with Gasteiger partial charge in [-0.05, 0) is 13.0 Å². The van der Waals surface area contributed by atoms with Crippen molar-refractivity contribution in [3.05, 3.63) is 11.7 Å². The van der Waals surface area contributed by atoms with Gasteiger partial charge in [-0.25, -0.2) is 0 Å². The molecule has 0 saturated carbocycles. The maximum absolute atomic E-state index is 11.9. The van der Waals surface area contributed by atoms with E-state index in [-0.39, 0.29) is 18.2 Å². The molecule has 0 bridgehead atoms. The van der Waals surface area contributed by atoms with E-state index in [1.807, 2.05) is 6.92 Å². The number of alkyl halides is 3. The lowest BCUT2D eigenvalue weighted by Gasteiger charge is -2.02. The van der Waals surface area contributed by atoms with E-state index in [0.29, 0.717) is 18.9 Å². The van der Waals surface area contributed by atoms with Crippen LogP contribution < -0.4 is 5.73 Å². The van der Waals surface area contributed by atoms with Gasteiger partial charge < -0.3 is 10.3 Å². The molecule has 0 aliphatic carbocycles. The van der Waals surface area contributed by atoms with E-state index >= 15 is 0 Å². The minimum absolute atomic E-state index is 0.0165. The summed E-state index contributed by atoms with van der Waals surface area (Å²) in [6.07, 6.45) is -4.70. The van der Waals surface area contributed by atoms with Crippen molar-refractivity contribution in [3.8, 4) is 0 Å². The standard InChI is InChI=1S/C9H14F3N3O/c1-6(3-5-13)8-14-7(15-16-8)2-4-9(10,11)12/h6H,2-5,13H2,1H3. The molecular formula is C9H14F3N3O. The first-order valence-electron chi connectivity index (χ1n) is 5.01. The van der Waals surface area contributed by atoms with E-state index in [4.69, 9.17) is 10.3 Å². The number of aryl methyl sites for hydroxylation is 1. The molecule has 1 heterocycles. The van der Waals surface area contributed by atoms with Crippen molar-refractivity contribution in [3.63, 3.8) is 0 Å². The summed E-state index contributed by atoms with van der Waals surface area (Å²) >= 11 is 0. The molecule has 1 rings (SSSR count). The van der Waals surface area contributed by atoms with E-state index in [1.54, 1.807) is 0 Å². The van der Waals surface area contributed by atoms with Crippen LogP contribution in [-0.2, 0) is 6.42 Å². The van der Waals surface area contributed by atoms with Crippen LogP contribution in [-0.4, -0.2) is 22.9 Å². The zero-order chi connectivity index (χ0) is 12.2. The molecule has 1 aromatic rings. The Morgan fingerprint density at radius 1 is 1.44 bits per heavy atom. The van der Waals surface area contributed by atoms with Gasteiger partial charge in [-0.3, -0.25) is 0 Å². The van der Waals surface area contributed by atoms with Gasteiger partial charge in [-0.2, -0.15) is 18.2 Å². The average Bonchev–Trinajstić information content (AvgIpc) is 2.62. The quantitative estimate of drug-likeness (QED) is 0.850. The lowest BCUT2D eigenvalue weighted by molar-refractivity contribution is -0.134. The van der Waals surface area contributed by atoms with Gasteiger partial charge in [0.05, 0.1) is 6.42 Å². The Bertz CT molecular complexity index is 324. The highest BCUT2D eigenvalue weighted by molar-refractivity contribution is 4.92. The van der Waals surface area contributed by atoms with Crippen molar-refractivity contribution in [1.29, 1.82) is 0 Å². The minimum Gasteiger partial charge on any atom is -0.339 e. The normalized spacial score (nSPS) is 14.1. The van der Waals surface area contributed by atoms with Crippen molar-refractivity contribution >= 4 is 0 Å². The van der Waals surface area contributed by atoms with Crippen LogP contribution in [0.4, 0.5) is 13.2 Å². The van der Waals surface area contributed by atoms with E-state index in [0.717, 1.165) is 0 Å². The summed E-state index contributed by atoms with van der Waals surface area (Å²) in [6.45, 7) is 2.31. The van der Waals surface area contributed by atoms with Crippen LogP contribution in [0.5, 0.6) is 0 Å². The fourth-order valence-corrected chi connectivity index (χ4v) is 1.20. The molecule has 16 heavy (non-hydrogen) atoms. The largest absolute Gasteiger partial charge is 0.389 e. The van der Waals surface area contributed by atoms with Gasteiger partial charge in [-0.15, -0.1) is 0 Å². The Morgan fingerprint density at radius 3 is 2.69 bits per heavy atom. The molecule has 0 spiro atoms. The van der Waals surface area contributed by atoms with Gasteiger partial charge in [0.25, 0.3) is 0 Å². The second kappa shape index (κ2) is 5.29. The lowest BCUT2D eigenvalue weighted by atomic mass is 10.1. The first-order valence-corrected chi connectivity index (χ1v) is 5.01. The molecular weight excluding hydrogens is 223 g/mol. The number of nitrogens with zero attached hydrogens (tertiary/aromatic N) is 2. The minimum atomic E-state index is -4.19.